The first-order valence-electron chi connectivity index (χ1n) is 2.71. The Morgan fingerprint density at radius 1 is 1.60 bits per heavy atom. The van der Waals surface area contributed by atoms with Crippen LogP contribution < -0.4 is 5.73 Å². The summed E-state index contributed by atoms with van der Waals surface area (Å²) in [7, 11) is 0. The first-order valence-corrected chi connectivity index (χ1v) is 2.71. The molecule has 0 aliphatic carbocycles. The van der Waals surface area contributed by atoms with Gasteiger partial charge in [0.1, 0.15) is 0 Å². The van der Waals surface area contributed by atoms with E-state index in [1.165, 1.54) is 0 Å². The summed E-state index contributed by atoms with van der Waals surface area (Å²) in [6, 6.07) is 0. The number of hydrogen-bond donors (Lipinski definition) is 3. The molecule has 0 aromatic rings. The molecule has 0 aliphatic rings. The number of aliphatic hydroxyl groups excluding tert-OH is 1. The van der Waals surface area contributed by atoms with Gasteiger partial charge in [0, 0.05) is 32.4 Å². The van der Waals surface area contributed by atoms with Crippen molar-refractivity contribution in [3.05, 3.63) is 0 Å². The average Bonchev–Trinajstić information content (AvgIpc) is 1.89. The fourth-order valence-corrected chi connectivity index (χ4v) is 0. The van der Waals surface area contributed by atoms with Gasteiger partial charge in [-0.15, -0.1) is 0 Å². The van der Waals surface area contributed by atoms with Gasteiger partial charge < -0.3 is 15.9 Å². The summed E-state index contributed by atoms with van der Waals surface area (Å²) in [5.74, 6) is -0.745. The van der Waals surface area contributed by atoms with Crippen LogP contribution in [-0.4, -0.2) is 29.3 Å². The first-order chi connectivity index (χ1) is 4.18. The molecule has 0 atom stereocenters. The first kappa shape index (κ1) is 16.5. The van der Waals surface area contributed by atoms with Crippen LogP contribution >= 0.6 is 0 Å². The van der Waals surface area contributed by atoms with E-state index in [1.807, 2.05) is 0 Å². The standard InChI is InChI=1S/C3H6O2.C2H7NO.Zn/c1-2-3(4)5;3-1-2-4;/h2H2,1H3,(H,4,5);4H,1-3H2;. The van der Waals surface area contributed by atoms with Crippen LogP contribution in [0.4, 0.5) is 0 Å². The zero-order chi connectivity index (χ0) is 7.70. The topological polar surface area (TPSA) is 83.5 Å². The van der Waals surface area contributed by atoms with Crippen LogP contribution in [0.15, 0.2) is 0 Å². The van der Waals surface area contributed by atoms with Crippen molar-refractivity contribution in [3.8, 4) is 0 Å². The predicted octanol–water partition coefficient (Wildman–Crippen LogP) is -0.584. The predicted molar refractivity (Wildman–Crippen MR) is 34.1 cm³/mol. The van der Waals surface area contributed by atoms with Gasteiger partial charge in [-0.2, -0.15) is 0 Å². The Labute approximate surface area is 73.2 Å². The molecule has 0 radical (unpaired) electrons. The smallest absolute Gasteiger partial charge is 0.303 e. The van der Waals surface area contributed by atoms with Gasteiger partial charge in [-0.05, 0) is 0 Å². The van der Waals surface area contributed by atoms with Gasteiger partial charge in [-0.25, -0.2) is 0 Å². The van der Waals surface area contributed by atoms with Gasteiger partial charge in [0.15, 0.2) is 0 Å². The van der Waals surface area contributed by atoms with Gasteiger partial charge in [-0.3, -0.25) is 4.79 Å². The molecule has 0 saturated heterocycles. The molecule has 0 fully saturated rings. The van der Waals surface area contributed by atoms with Crippen LogP contribution in [0.5, 0.6) is 0 Å². The third-order valence-corrected chi connectivity index (χ3v) is 0.432. The number of carbonyl (C=O) groups is 1. The molecule has 0 spiro atoms. The zero-order valence-electron chi connectivity index (χ0n) is 6.21. The molecule has 58 valence electrons. The number of carboxylic acid groups (broad SMARTS) is 1. The summed E-state index contributed by atoms with van der Waals surface area (Å²) >= 11 is 0. The molecule has 4 N–H and O–H groups in total. The number of nitrogens with two attached hydrogens (primary N) is 1. The third kappa shape index (κ3) is 43.4. The van der Waals surface area contributed by atoms with Crippen LogP contribution in [0, 0.1) is 0 Å². The molecule has 10 heavy (non-hydrogen) atoms. The Hall–Kier alpha value is 0.0134. The molecule has 0 aromatic heterocycles. The zero-order valence-corrected chi connectivity index (χ0v) is 9.18. The van der Waals surface area contributed by atoms with E-state index in [9.17, 15) is 4.79 Å². The van der Waals surface area contributed by atoms with Crippen LogP contribution in [0.3, 0.4) is 0 Å². The number of aliphatic carboxylic acids is 1. The van der Waals surface area contributed by atoms with Crippen molar-refractivity contribution in [2.45, 2.75) is 13.3 Å². The van der Waals surface area contributed by atoms with Crippen molar-refractivity contribution in [3.63, 3.8) is 0 Å². The fourth-order valence-electron chi connectivity index (χ4n) is 0. The monoisotopic (exact) mass is 199 g/mol. The van der Waals surface area contributed by atoms with E-state index in [2.05, 4.69) is 0 Å². The van der Waals surface area contributed by atoms with Crippen molar-refractivity contribution >= 4 is 5.97 Å². The molecule has 4 nitrogen and oxygen atoms in total. The second kappa shape index (κ2) is 16.0. The minimum atomic E-state index is -0.745. The fraction of sp³-hybridized carbons (Fsp3) is 0.800. The van der Waals surface area contributed by atoms with E-state index >= 15 is 0 Å². The normalized spacial score (nSPS) is 6.70. The Kier molecular flexibility index (Phi) is 26.5. The average molecular weight is 201 g/mol. The van der Waals surface area contributed by atoms with Gasteiger partial charge in [0.25, 0.3) is 0 Å². The van der Waals surface area contributed by atoms with E-state index in [1.54, 1.807) is 6.92 Å². The van der Waals surface area contributed by atoms with Crippen LogP contribution in [-0.2, 0) is 24.3 Å². The largest absolute Gasteiger partial charge is 0.481 e. The van der Waals surface area contributed by atoms with Crippen LogP contribution in [0.1, 0.15) is 13.3 Å². The molecule has 0 heterocycles. The Morgan fingerprint density at radius 2 is 1.80 bits per heavy atom. The van der Waals surface area contributed by atoms with Gasteiger partial charge in [0.2, 0.25) is 0 Å². The molecule has 0 bridgehead atoms. The molecule has 0 aliphatic heterocycles. The summed E-state index contributed by atoms with van der Waals surface area (Å²) in [4.78, 5) is 9.37. The second-order valence-corrected chi connectivity index (χ2v) is 1.26. The minimum Gasteiger partial charge on any atom is -0.481 e. The van der Waals surface area contributed by atoms with E-state index in [-0.39, 0.29) is 32.5 Å². The Balaban J connectivity index is -0.0000000910. The van der Waals surface area contributed by atoms with Crippen molar-refractivity contribution in [1.82, 2.24) is 0 Å². The molecule has 0 amide bonds. The molecular weight excluding hydrogens is 187 g/mol. The summed E-state index contributed by atoms with van der Waals surface area (Å²) < 4.78 is 0. The maximum absolute atomic E-state index is 9.37. The molecular formula is C5H13NO3Zn. The summed E-state index contributed by atoms with van der Waals surface area (Å²) in [6.45, 7) is 2.07. The molecule has 0 aromatic carbocycles. The van der Waals surface area contributed by atoms with E-state index < -0.39 is 5.97 Å². The maximum Gasteiger partial charge on any atom is 0.303 e. The summed E-state index contributed by atoms with van der Waals surface area (Å²) in [5.41, 5.74) is 4.78. The second-order valence-electron chi connectivity index (χ2n) is 1.26. The Bertz CT molecular complexity index is 67.9. The van der Waals surface area contributed by atoms with Crippen molar-refractivity contribution in [2.24, 2.45) is 5.73 Å². The summed E-state index contributed by atoms with van der Waals surface area (Å²) in [5, 5.41) is 15.5. The molecule has 0 unspecified atom stereocenters. The summed E-state index contributed by atoms with van der Waals surface area (Å²) in [6.07, 6.45) is 0.222. The van der Waals surface area contributed by atoms with Crippen molar-refractivity contribution in [1.29, 1.82) is 0 Å². The molecule has 5 heteroatoms. The van der Waals surface area contributed by atoms with E-state index in [4.69, 9.17) is 15.9 Å². The van der Waals surface area contributed by atoms with E-state index in [0.29, 0.717) is 6.54 Å². The van der Waals surface area contributed by atoms with Crippen LogP contribution in [0.2, 0.25) is 0 Å². The molecule has 0 saturated carbocycles. The third-order valence-electron chi connectivity index (χ3n) is 0.432. The van der Waals surface area contributed by atoms with E-state index in [0.717, 1.165) is 0 Å². The van der Waals surface area contributed by atoms with Gasteiger partial charge >= 0.3 is 5.97 Å². The minimum absolute atomic E-state index is 0. The number of carboxylic acids is 1. The van der Waals surface area contributed by atoms with Gasteiger partial charge in [-0.1, -0.05) is 6.92 Å². The number of hydrogen-bond acceptors (Lipinski definition) is 3. The number of aliphatic hydroxyl groups is 1. The van der Waals surface area contributed by atoms with Crippen LogP contribution in [0.25, 0.3) is 0 Å². The molecule has 0 rings (SSSR count). The quantitative estimate of drug-likeness (QED) is 0.521. The number of rotatable bonds is 2. The van der Waals surface area contributed by atoms with Crippen molar-refractivity contribution < 1.29 is 34.5 Å². The van der Waals surface area contributed by atoms with Gasteiger partial charge in [0.05, 0.1) is 6.61 Å². The maximum atomic E-state index is 9.37. The van der Waals surface area contributed by atoms with Crippen molar-refractivity contribution in [2.75, 3.05) is 13.2 Å². The SMILES string of the molecule is CCC(=O)O.NCCO.[Zn]. The Morgan fingerprint density at radius 3 is 1.80 bits per heavy atom.